The molecule has 0 spiro atoms. The van der Waals surface area contributed by atoms with Crippen molar-refractivity contribution in [2.24, 2.45) is 17.4 Å². The van der Waals surface area contributed by atoms with E-state index < -0.39 is 250 Å². The Morgan fingerprint density at radius 2 is 1.35 bits per heavy atom. The van der Waals surface area contributed by atoms with Crippen molar-refractivity contribution in [3.63, 3.8) is 0 Å². The largest absolute Gasteiger partial charge is 0.508 e. The fourth-order valence-corrected chi connectivity index (χ4v) is 15.4. The summed E-state index contributed by atoms with van der Waals surface area (Å²) in [5.41, 5.74) is 10.1. The van der Waals surface area contributed by atoms with Crippen LogP contribution in [0, 0.1) is 5.92 Å². The topological polar surface area (TPSA) is 591 Å². The van der Waals surface area contributed by atoms with Crippen LogP contribution in [-0.4, -0.2) is 220 Å². The molecule has 22 N–H and O–H groups in total. The molecule has 124 heavy (non-hydrogen) atoms. The second kappa shape index (κ2) is 37.4. The van der Waals surface area contributed by atoms with Gasteiger partial charge in [0.1, 0.15) is 107 Å². The first-order valence-corrected chi connectivity index (χ1v) is 39.7. The minimum absolute atomic E-state index is 0.115. The average molecular weight is 1750 g/mol. The highest BCUT2D eigenvalue weighted by Crippen LogP contribution is 2.50. The monoisotopic (exact) mass is 1750 g/mol. The Balaban J connectivity index is 0.943. The summed E-state index contributed by atoms with van der Waals surface area (Å²) < 4.78 is 45.5. The van der Waals surface area contributed by atoms with Gasteiger partial charge in [0, 0.05) is 40.4 Å². The summed E-state index contributed by atoms with van der Waals surface area (Å²) in [7, 11) is 3.01. The minimum Gasteiger partial charge on any atom is -0.508 e. The molecule has 7 aliphatic heterocycles. The number of aliphatic hydroxyl groups excluding tert-OH is 6. The lowest BCUT2D eigenvalue weighted by Gasteiger charge is -2.47. The number of halogens is 2. The zero-order valence-electron chi connectivity index (χ0n) is 66.9. The third-order valence-electron chi connectivity index (χ3n) is 21.5. The lowest BCUT2D eigenvalue weighted by molar-refractivity contribution is -0.333. The standard InChI is InChI=1S/C83H90Cl2N14O25/c1-34(2)21-49(88-5)75(111)95-66-68(106)38-10-19-54(47(84)23-38)120-56-25-40-26-57(72(56)124-82-73(71(109)70(108)58(33-100)122-82)123-61-30-83(4,87)74(110)35(3)119-61)121-55-20-11-39(24-48(55)85)69(107)67-81(117)94-65(77(113)89-31-60(105)90-41-12-7-36(8-13-41)51-32-99(98-97-51)42-14-16-44(118-6)17-15-42)46-27-43(101)28-53(103)62(46)45-22-37(9-18-52(45)102)63(78(114)96-67)93-79(115)64(40)92-76(112)50(29-59(86)104)91-80(66)116/h7-20,22-28,32,34-35,49-50,58,61,63-71,73-74,82,88,100-103,106-110H,21,29-31,33,87H2,1-6H3,(H2,86,104)(H,89,113)(H,90,105)(H,91,116)(H,92,112)(H,93,115)(H,94,117)(H,95,111)(H,96,114). The highest BCUT2D eigenvalue weighted by atomic mass is 35.5. The van der Waals surface area contributed by atoms with Crippen molar-refractivity contribution >= 4 is 82.1 Å². The third kappa shape index (κ3) is 19.5. The number of methoxy groups -OCH3 is 1. The number of carbonyl (C=O) groups excluding carboxylic acids is 9. The smallest absolute Gasteiger partial charge is 0.248 e. The molecule has 656 valence electrons. The molecule has 9 amide bonds. The van der Waals surface area contributed by atoms with Crippen molar-refractivity contribution < 1.29 is 122 Å². The molecule has 0 radical (unpaired) electrons. The van der Waals surface area contributed by atoms with E-state index in [1.807, 2.05) is 13.8 Å². The number of hydrogen-bond acceptors (Lipinski definition) is 29. The molecule has 2 saturated heterocycles. The number of primary amides is 1. The number of benzene rings is 7. The molecule has 15 rings (SSSR count). The van der Waals surface area contributed by atoms with Gasteiger partial charge in [-0.25, -0.2) is 4.68 Å². The van der Waals surface area contributed by atoms with Gasteiger partial charge >= 0.3 is 0 Å². The molecule has 7 aliphatic rings. The summed E-state index contributed by atoms with van der Waals surface area (Å²) in [5, 5.41) is 136. The molecular weight excluding hydrogens is 1660 g/mol. The van der Waals surface area contributed by atoms with Crippen LogP contribution in [0.15, 0.2) is 134 Å². The Morgan fingerprint density at radius 1 is 0.710 bits per heavy atom. The second-order valence-corrected chi connectivity index (χ2v) is 31.8. The number of amides is 9. The van der Waals surface area contributed by atoms with E-state index in [9.17, 15) is 60.3 Å². The molecule has 0 aliphatic carbocycles. The molecule has 2 fully saturated rings. The van der Waals surface area contributed by atoms with E-state index >= 15 is 28.8 Å². The number of aromatic hydroxyl groups is 3. The van der Waals surface area contributed by atoms with Gasteiger partial charge in [-0.3, -0.25) is 43.2 Å². The van der Waals surface area contributed by atoms with Crippen LogP contribution in [0.5, 0.6) is 51.7 Å². The highest BCUT2D eigenvalue weighted by molar-refractivity contribution is 6.32. The number of phenolic OH excluding ortho intramolecular Hbond substituents is 3. The van der Waals surface area contributed by atoms with E-state index in [1.165, 1.54) is 40.1 Å². The first kappa shape index (κ1) is 89.4. The normalized spacial score (nSPS) is 26.0. The number of rotatable bonds is 19. The van der Waals surface area contributed by atoms with Crippen molar-refractivity contribution in [3.8, 4) is 79.8 Å². The number of hydrogen-bond donors (Lipinski definition) is 20. The van der Waals surface area contributed by atoms with Crippen molar-refractivity contribution in [1.29, 1.82) is 0 Å². The number of aromatic nitrogens is 3. The maximum Gasteiger partial charge on any atom is 0.248 e. The summed E-state index contributed by atoms with van der Waals surface area (Å²) in [6.45, 7) is 4.80. The molecule has 8 heterocycles. The first-order valence-electron chi connectivity index (χ1n) is 39.0. The molecular formula is C83H90Cl2N14O25. The number of ether oxygens (including phenoxy) is 7. The van der Waals surface area contributed by atoms with Crippen LogP contribution in [0.1, 0.15) is 105 Å². The summed E-state index contributed by atoms with van der Waals surface area (Å²) in [6.07, 6.45) is -17.2. The fraction of sp³-hybridized carbons (Fsp3) is 0.361. The summed E-state index contributed by atoms with van der Waals surface area (Å²) >= 11 is 14.3. The van der Waals surface area contributed by atoms with Gasteiger partial charge in [-0.2, -0.15) is 0 Å². The minimum atomic E-state index is -2.39. The van der Waals surface area contributed by atoms with Crippen molar-refractivity contribution in [3.05, 3.63) is 171 Å². The number of carbonyl (C=O) groups is 9. The fourth-order valence-electron chi connectivity index (χ4n) is 15.0. The predicted molar refractivity (Wildman–Crippen MR) is 437 cm³/mol. The maximum atomic E-state index is 16.3. The van der Waals surface area contributed by atoms with Crippen LogP contribution in [0.2, 0.25) is 10.0 Å². The Labute approximate surface area is 715 Å². The SMILES string of the molecule is CNC(CC(C)C)C(=O)NC1C(=O)NC(CC(N)=O)C(=O)NC2C(=O)NC3C(=O)NC(C(=O)NC(C(=O)NCC(=O)Nc4ccc(-c5cn(-c6ccc(OC)cc6)nn5)cc4)c4cc(O)cc(O)c4-c4cc3ccc4O)C(O)c3ccc(c(Cl)c3)Oc3cc2cc(c3OC2OC(CO)C(O)C(O)C2OC2CC(C)(N)C(O)C(C)O2)Oc2ccc(cc2Cl)C1O. The van der Waals surface area contributed by atoms with Gasteiger partial charge in [0.2, 0.25) is 65.2 Å². The number of phenols is 3. The lowest BCUT2D eigenvalue weighted by Crippen LogP contribution is -2.64. The van der Waals surface area contributed by atoms with Gasteiger partial charge < -0.3 is 138 Å². The summed E-state index contributed by atoms with van der Waals surface area (Å²) in [4.78, 5) is 135. The van der Waals surface area contributed by atoms with E-state index in [1.54, 1.807) is 59.4 Å². The van der Waals surface area contributed by atoms with Crippen molar-refractivity contribution in [2.45, 2.75) is 156 Å². The molecule has 39 nitrogen and oxygen atoms in total. The number of fused-ring (bicyclic) bond motifs is 15. The van der Waals surface area contributed by atoms with E-state index in [-0.39, 0.29) is 51.9 Å². The van der Waals surface area contributed by atoms with Crippen LogP contribution in [0.4, 0.5) is 5.69 Å². The third-order valence-corrected chi connectivity index (χ3v) is 22.1. The van der Waals surface area contributed by atoms with Crippen LogP contribution in [0.3, 0.4) is 0 Å². The number of nitrogens with one attached hydrogen (secondary N) is 9. The molecule has 41 heteroatoms. The maximum absolute atomic E-state index is 16.3. The molecule has 7 aromatic carbocycles. The van der Waals surface area contributed by atoms with Gasteiger partial charge in [0.05, 0.1) is 66.9 Å². The average Bonchev–Trinajstić information content (AvgIpc) is 0.788. The lowest BCUT2D eigenvalue weighted by atomic mass is 9.86. The van der Waals surface area contributed by atoms with E-state index in [4.69, 9.17) is 67.8 Å². The molecule has 18 unspecified atom stereocenters. The van der Waals surface area contributed by atoms with Gasteiger partial charge in [-0.1, -0.05) is 72.6 Å². The molecule has 1 aromatic heterocycles. The number of nitrogens with two attached hydrogens (primary N) is 2. The number of anilines is 1. The predicted octanol–water partition coefficient (Wildman–Crippen LogP) is 2.03. The van der Waals surface area contributed by atoms with Crippen LogP contribution < -0.4 is 78.3 Å². The number of nitrogens with zero attached hydrogens (tertiary/aromatic N) is 3. The highest BCUT2D eigenvalue weighted by Gasteiger charge is 2.52. The van der Waals surface area contributed by atoms with Crippen LogP contribution in [-0.2, 0) is 57.4 Å². The van der Waals surface area contributed by atoms with Gasteiger partial charge in [-0.05, 0) is 152 Å². The zero-order chi connectivity index (χ0) is 89.2. The van der Waals surface area contributed by atoms with Gasteiger partial charge in [0.25, 0.3) is 0 Å². The van der Waals surface area contributed by atoms with Crippen LogP contribution in [0.25, 0.3) is 28.1 Å². The number of likely N-dealkylation sites (N-methyl/N-ethyl adjacent to an activating group) is 1. The summed E-state index contributed by atoms with van der Waals surface area (Å²) in [6, 6.07) is 12.8. The molecule has 18 atom stereocenters. The Bertz CT molecular complexity index is 5420. The molecule has 0 saturated carbocycles. The van der Waals surface area contributed by atoms with E-state index in [2.05, 4.69) is 58.2 Å². The van der Waals surface area contributed by atoms with Gasteiger partial charge in [0.15, 0.2) is 23.9 Å². The van der Waals surface area contributed by atoms with Crippen molar-refractivity contribution in [2.75, 3.05) is 32.6 Å². The zero-order valence-corrected chi connectivity index (χ0v) is 68.5. The Morgan fingerprint density at radius 3 is 1.97 bits per heavy atom. The van der Waals surface area contributed by atoms with Crippen molar-refractivity contribution in [1.82, 2.24) is 57.5 Å². The quantitative estimate of drug-likeness (QED) is 0.0551. The van der Waals surface area contributed by atoms with Gasteiger partial charge in [-0.15, -0.1) is 5.10 Å². The second-order valence-electron chi connectivity index (χ2n) is 31.0. The Kier molecular flexibility index (Phi) is 27.0. The number of aliphatic hydroxyl groups is 6. The first-order chi connectivity index (χ1) is 59.0. The van der Waals surface area contributed by atoms with Crippen LogP contribution >= 0.6 is 23.2 Å². The molecule has 11 bridgehead atoms. The van der Waals surface area contributed by atoms with E-state index in [0.29, 0.717) is 22.7 Å². The van der Waals surface area contributed by atoms with E-state index in [0.717, 1.165) is 66.7 Å². The Hall–Kier alpha value is -12.4. The summed E-state index contributed by atoms with van der Waals surface area (Å²) in [5.74, 6) is -15.8. The molecule has 8 aromatic rings.